The van der Waals surface area contributed by atoms with Gasteiger partial charge in [0.1, 0.15) is 0 Å². The summed E-state index contributed by atoms with van der Waals surface area (Å²) in [7, 11) is 0. The molecule has 0 bridgehead atoms. The minimum atomic E-state index is 0.498. The summed E-state index contributed by atoms with van der Waals surface area (Å²) in [6, 6.07) is 10.5. The number of rotatable bonds is 3. The van der Waals surface area contributed by atoms with E-state index >= 15 is 0 Å². The topological polar surface area (TPSA) is 0 Å². The Labute approximate surface area is 80.6 Å². The van der Waals surface area contributed by atoms with Gasteiger partial charge >= 0.3 is 0 Å². The van der Waals surface area contributed by atoms with Crippen LogP contribution in [0, 0.1) is 0 Å². The molecule has 0 fully saturated rings. The van der Waals surface area contributed by atoms with Gasteiger partial charge in [0.05, 0.1) is 0 Å². The van der Waals surface area contributed by atoms with Gasteiger partial charge in [-0.2, -0.15) is 0 Å². The minimum absolute atomic E-state index is 0.498. The van der Waals surface area contributed by atoms with E-state index in [1.807, 2.05) is 19.1 Å². The molecule has 1 rings (SSSR count). The van der Waals surface area contributed by atoms with Gasteiger partial charge < -0.3 is 0 Å². The maximum atomic E-state index is 2.20. The van der Waals surface area contributed by atoms with Crippen LogP contribution < -0.4 is 0 Å². The largest absolute Gasteiger partial charge is 0.0877 e. The van der Waals surface area contributed by atoms with E-state index in [2.05, 4.69) is 49.4 Å². The molecule has 0 saturated heterocycles. The summed E-state index contributed by atoms with van der Waals surface area (Å²) in [6.45, 7) is 4.23. The Morgan fingerprint density at radius 1 is 1.08 bits per heavy atom. The van der Waals surface area contributed by atoms with Crippen LogP contribution in [0.5, 0.6) is 0 Å². The van der Waals surface area contributed by atoms with Crippen molar-refractivity contribution in [3.05, 3.63) is 60.2 Å². The first kappa shape index (κ1) is 9.79. The average molecular weight is 172 g/mol. The summed E-state index contributed by atoms with van der Waals surface area (Å²) < 4.78 is 0. The maximum absolute atomic E-state index is 2.20. The summed E-state index contributed by atoms with van der Waals surface area (Å²) in [5.74, 6) is 0.498. The SMILES string of the molecule is CC=CC=CC(C)c1ccccc1. The fraction of sp³-hybridized carbons (Fsp3) is 0.231. The van der Waals surface area contributed by atoms with Gasteiger partial charge in [0.15, 0.2) is 0 Å². The summed E-state index contributed by atoms with van der Waals surface area (Å²) in [4.78, 5) is 0. The Balaban J connectivity index is 2.63. The van der Waals surface area contributed by atoms with Crippen molar-refractivity contribution in [3.8, 4) is 0 Å². The van der Waals surface area contributed by atoms with Crippen LogP contribution in [0.3, 0.4) is 0 Å². The number of allylic oxidation sites excluding steroid dienone is 4. The smallest absolute Gasteiger partial charge is 0.000732 e. The molecule has 0 N–H and O–H groups in total. The van der Waals surface area contributed by atoms with Gasteiger partial charge in [0.2, 0.25) is 0 Å². The van der Waals surface area contributed by atoms with Gasteiger partial charge in [-0.15, -0.1) is 0 Å². The molecule has 0 heteroatoms. The Morgan fingerprint density at radius 3 is 2.38 bits per heavy atom. The molecule has 1 aromatic rings. The van der Waals surface area contributed by atoms with Crippen molar-refractivity contribution < 1.29 is 0 Å². The second kappa shape index (κ2) is 5.36. The second-order valence-electron chi connectivity index (χ2n) is 3.11. The number of hydrogen-bond acceptors (Lipinski definition) is 0. The van der Waals surface area contributed by atoms with Crippen LogP contribution in [-0.2, 0) is 0 Å². The lowest BCUT2D eigenvalue weighted by Crippen LogP contribution is -1.86. The van der Waals surface area contributed by atoms with Crippen molar-refractivity contribution in [1.29, 1.82) is 0 Å². The highest BCUT2D eigenvalue weighted by atomic mass is 14.0. The summed E-state index contributed by atoms with van der Waals surface area (Å²) in [5.41, 5.74) is 1.36. The van der Waals surface area contributed by atoms with E-state index in [9.17, 15) is 0 Å². The molecule has 1 atom stereocenters. The van der Waals surface area contributed by atoms with Gasteiger partial charge in [0.25, 0.3) is 0 Å². The van der Waals surface area contributed by atoms with Gasteiger partial charge in [-0.3, -0.25) is 0 Å². The van der Waals surface area contributed by atoms with Crippen molar-refractivity contribution >= 4 is 0 Å². The molecule has 0 spiro atoms. The van der Waals surface area contributed by atoms with E-state index in [0.29, 0.717) is 5.92 Å². The van der Waals surface area contributed by atoms with Gasteiger partial charge in [0, 0.05) is 0 Å². The predicted octanol–water partition coefficient (Wildman–Crippen LogP) is 3.92. The van der Waals surface area contributed by atoms with Crippen molar-refractivity contribution in [2.45, 2.75) is 19.8 Å². The quantitative estimate of drug-likeness (QED) is 0.606. The van der Waals surface area contributed by atoms with Gasteiger partial charge in [-0.05, 0) is 18.4 Å². The predicted molar refractivity (Wildman–Crippen MR) is 58.8 cm³/mol. The van der Waals surface area contributed by atoms with E-state index in [1.54, 1.807) is 0 Å². The Kier molecular flexibility index (Phi) is 4.04. The molecule has 0 aliphatic carbocycles. The highest BCUT2D eigenvalue weighted by Gasteiger charge is 1.97. The lowest BCUT2D eigenvalue weighted by atomic mass is 10.0. The van der Waals surface area contributed by atoms with Crippen LogP contribution in [-0.4, -0.2) is 0 Å². The van der Waals surface area contributed by atoms with Crippen LogP contribution in [0.1, 0.15) is 25.3 Å². The molecule has 0 heterocycles. The molecule has 1 aromatic carbocycles. The minimum Gasteiger partial charge on any atom is -0.0877 e. The Bertz CT molecular complexity index is 280. The summed E-state index contributed by atoms with van der Waals surface area (Å²) in [5, 5.41) is 0. The van der Waals surface area contributed by atoms with Crippen molar-refractivity contribution in [3.63, 3.8) is 0 Å². The third-order valence-corrected chi connectivity index (χ3v) is 2.03. The summed E-state index contributed by atoms with van der Waals surface area (Å²) >= 11 is 0. The first-order valence-corrected chi connectivity index (χ1v) is 4.69. The molecular formula is C13H16. The monoisotopic (exact) mass is 172 g/mol. The van der Waals surface area contributed by atoms with Gasteiger partial charge in [-0.1, -0.05) is 61.6 Å². The normalized spacial score (nSPS) is 14.0. The number of benzene rings is 1. The van der Waals surface area contributed by atoms with E-state index in [1.165, 1.54) is 5.56 Å². The van der Waals surface area contributed by atoms with E-state index < -0.39 is 0 Å². The van der Waals surface area contributed by atoms with Crippen LogP contribution in [0.4, 0.5) is 0 Å². The molecule has 0 aliphatic heterocycles. The first-order valence-electron chi connectivity index (χ1n) is 4.69. The van der Waals surface area contributed by atoms with E-state index in [0.717, 1.165) is 0 Å². The molecule has 0 aromatic heterocycles. The Hall–Kier alpha value is -1.30. The first-order chi connectivity index (χ1) is 6.34. The average Bonchev–Trinajstić information content (AvgIpc) is 2.19. The zero-order chi connectivity index (χ0) is 9.52. The fourth-order valence-corrected chi connectivity index (χ4v) is 1.21. The van der Waals surface area contributed by atoms with Crippen molar-refractivity contribution in [2.75, 3.05) is 0 Å². The van der Waals surface area contributed by atoms with Crippen LogP contribution in [0.25, 0.3) is 0 Å². The molecule has 68 valence electrons. The molecule has 0 radical (unpaired) electrons. The van der Waals surface area contributed by atoms with Crippen LogP contribution in [0.2, 0.25) is 0 Å². The molecule has 0 saturated carbocycles. The lowest BCUT2D eigenvalue weighted by Gasteiger charge is -2.04. The Morgan fingerprint density at radius 2 is 1.77 bits per heavy atom. The number of hydrogen-bond donors (Lipinski definition) is 0. The second-order valence-corrected chi connectivity index (χ2v) is 3.11. The van der Waals surface area contributed by atoms with Crippen molar-refractivity contribution in [1.82, 2.24) is 0 Å². The van der Waals surface area contributed by atoms with Crippen LogP contribution >= 0.6 is 0 Å². The third kappa shape index (κ3) is 3.29. The van der Waals surface area contributed by atoms with Crippen molar-refractivity contribution in [2.24, 2.45) is 0 Å². The lowest BCUT2D eigenvalue weighted by molar-refractivity contribution is 0.968. The highest BCUT2D eigenvalue weighted by molar-refractivity contribution is 5.23. The third-order valence-electron chi connectivity index (χ3n) is 2.03. The van der Waals surface area contributed by atoms with Crippen LogP contribution in [0.15, 0.2) is 54.6 Å². The molecule has 13 heavy (non-hydrogen) atoms. The fourth-order valence-electron chi connectivity index (χ4n) is 1.21. The molecule has 0 nitrogen and oxygen atoms in total. The molecule has 1 unspecified atom stereocenters. The van der Waals surface area contributed by atoms with E-state index in [-0.39, 0.29) is 0 Å². The molecule has 0 amide bonds. The molecule has 0 aliphatic rings. The highest BCUT2D eigenvalue weighted by Crippen LogP contribution is 2.15. The standard InChI is InChI=1S/C13H16/c1-3-4-6-9-12(2)13-10-7-5-8-11-13/h3-12H,1-2H3. The molecular weight excluding hydrogens is 156 g/mol. The van der Waals surface area contributed by atoms with Gasteiger partial charge in [-0.25, -0.2) is 0 Å². The summed E-state index contributed by atoms with van der Waals surface area (Å²) in [6.07, 6.45) is 8.39. The maximum Gasteiger partial charge on any atom is -0.000732 e. The van der Waals surface area contributed by atoms with E-state index in [4.69, 9.17) is 0 Å². The zero-order valence-corrected chi connectivity index (χ0v) is 8.27. The zero-order valence-electron chi connectivity index (χ0n) is 8.27.